The van der Waals surface area contributed by atoms with Crippen LogP contribution in [0.5, 0.6) is 0 Å². The summed E-state index contributed by atoms with van der Waals surface area (Å²) in [5.74, 6) is -1.01. The molecule has 7 heteroatoms. The maximum absolute atomic E-state index is 12.7. The highest BCUT2D eigenvalue weighted by Gasteiger charge is 2.43. The van der Waals surface area contributed by atoms with Gasteiger partial charge in [0, 0.05) is 18.8 Å². The minimum absolute atomic E-state index is 0.00327. The number of benzene rings is 1. The van der Waals surface area contributed by atoms with E-state index in [2.05, 4.69) is 5.32 Å². The van der Waals surface area contributed by atoms with Crippen molar-refractivity contribution >= 4 is 23.6 Å². The maximum atomic E-state index is 12.7. The van der Waals surface area contributed by atoms with Gasteiger partial charge >= 0.3 is 5.97 Å². The topological polar surface area (TPSA) is 75.6 Å². The number of thioether (sulfide) groups is 1. The summed E-state index contributed by atoms with van der Waals surface area (Å²) in [6.45, 7) is 0.325. The lowest BCUT2D eigenvalue weighted by molar-refractivity contribution is -0.147. The van der Waals surface area contributed by atoms with E-state index in [-0.39, 0.29) is 30.5 Å². The summed E-state index contributed by atoms with van der Waals surface area (Å²) in [5.41, 5.74) is -0.389. The van der Waals surface area contributed by atoms with E-state index in [1.54, 1.807) is 12.1 Å². The van der Waals surface area contributed by atoms with E-state index in [0.29, 0.717) is 12.4 Å². The third kappa shape index (κ3) is 4.18. The van der Waals surface area contributed by atoms with Crippen molar-refractivity contribution in [3.05, 3.63) is 35.6 Å². The fraction of sp³-hybridized carbons (Fsp3) is 0.429. The lowest BCUT2D eigenvalue weighted by Crippen LogP contribution is -2.55. The van der Waals surface area contributed by atoms with E-state index in [9.17, 15) is 19.1 Å². The molecule has 1 heterocycles. The third-order valence-electron chi connectivity index (χ3n) is 3.22. The molecule has 0 radical (unpaired) electrons. The zero-order chi connectivity index (χ0) is 15.3. The number of carbonyl (C=O) groups is 2. The minimum Gasteiger partial charge on any atom is -0.479 e. The summed E-state index contributed by atoms with van der Waals surface area (Å²) < 4.78 is 17.8. The molecule has 0 bridgehead atoms. The zero-order valence-corrected chi connectivity index (χ0v) is 12.1. The molecule has 1 saturated heterocycles. The van der Waals surface area contributed by atoms with Gasteiger partial charge in [0.05, 0.1) is 12.4 Å². The van der Waals surface area contributed by atoms with Gasteiger partial charge in [-0.1, -0.05) is 12.1 Å². The molecule has 1 aromatic rings. The quantitative estimate of drug-likeness (QED) is 0.831. The molecule has 1 atom stereocenters. The van der Waals surface area contributed by atoms with Gasteiger partial charge in [-0.05, 0) is 17.7 Å². The van der Waals surface area contributed by atoms with E-state index in [0.717, 1.165) is 5.56 Å². The number of carboxylic acids is 1. The standard InChI is InChI=1S/C14H16FNO4S/c15-11-3-1-10(2-4-11)7-21-8-12(17)16-14(13(18)19)5-6-20-9-14/h1-4H,5-9H2,(H,16,17)(H,18,19). The fourth-order valence-electron chi connectivity index (χ4n) is 2.03. The predicted molar refractivity (Wildman–Crippen MR) is 76.5 cm³/mol. The molecule has 0 aromatic heterocycles. The van der Waals surface area contributed by atoms with Crippen LogP contribution in [0.25, 0.3) is 0 Å². The molecule has 0 aliphatic carbocycles. The van der Waals surface area contributed by atoms with Gasteiger partial charge in [-0.2, -0.15) is 0 Å². The van der Waals surface area contributed by atoms with E-state index in [1.165, 1.54) is 23.9 Å². The number of aliphatic carboxylic acids is 1. The van der Waals surface area contributed by atoms with Crippen LogP contribution in [-0.4, -0.2) is 41.5 Å². The lowest BCUT2D eigenvalue weighted by Gasteiger charge is -2.23. The van der Waals surface area contributed by atoms with Crippen molar-refractivity contribution in [3.8, 4) is 0 Å². The average Bonchev–Trinajstić information content (AvgIpc) is 2.91. The largest absolute Gasteiger partial charge is 0.479 e. The van der Waals surface area contributed by atoms with E-state index >= 15 is 0 Å². The number of carboxylic acid groups (broad SMARTS) is 1. The predicted octanol–water partition coefficient (Wildman–Crippen LogP) is 1.42. The molecule has 1 unspecified atom stereocenters. The van der Waals surface area contributed by atoms with Crippen LogP contribution in [0.1, 0.15) is 12.0 Å². The molecule has 1 amide bonds. The fourth-order valence-corrected chi connectivity index (χ4v) is 2.82. The van der Waals surface area contributed by atoms with Crippen LogP contribution in [-0.2, 0) is 20.1 Å². The van der Waals surface area contributed by atoms with Crippen molar-refractivity contribution in [2.45, 2.75) is 17.7 Å². The van der Waals surface area contributed by atoms with Gasteiger partial charge in [0.1, 0.15) is 5.82 Å². The number of hydrogen-bond donors (Lipinski definition) is 2. The van der Waals surface area contributed by atoms with Crippen LogP contribution < -0.4 is 5.32 Å². The summed E-state index contributed by atoms with van der Waals surface area (Å²) in [6.07, 6.45) is 0.275. The molecule has 1 aliphatic heterocycles. The van der Waals surface area contributed by atoms with Gasteiger partial charge in [-0.15, -0.1) is 11.8 Å². The Morgan fingerprint density at radius 2 is 2.10 bits per heavy atom. The van der Waals surface area contributed by atoms with Gasteiger partial charge in [0.15, 0.2) is 5.54 Å². The summed E-state index contributed by atoms with van der Waals surface area (Å²) in [7, 11) is 0. The first-order valence-corrected chi connectivity index (χ1v) is 7.62. The third-order valence-corrected chi connectivity index (χ3v) is 4.23. The number of rotatable bonds is 6. The van der Waals surface area contributed by atoms with E-state index in [1.807, 2.05) is 0 Å². The SMILES string of the molecule is O=C(CSCc1ccc(F)cc1)NC1(C(=O)O)CCOC1. The zero-order valence-electron chi connectivity index (χ0n) is 11.3. The minimum atomic E-state index is -1.30. The van der Waals surface area contributed by atoms with Gasteiger partial charge in [0.2, 0.25) is 5.91 Å². The summed E-state index contributed by atoms with van der Waals surface area (Å²) >= 11 is 1.35. The van der Waals surface area contributed by atoms with Crippen LogP contribution in [0.2, 0.25) is 0 Å². The monoisotopic (exact) mass is 313 g/mol. The number of carbonyl (C=O) groups excluding carboxylic acids is 1. The molecule has 5 nitrogen and oxygen atoms in total. The molecular weight excluding hydrogens is 297 g/mol. The number of hydrogen-bond acceptors (Lipinski definition) is 4. The molecular formula is C14H16FNO4S. The van der Waals surface area contributed by atoms with Gasteiger partial charge in [-0.25, -0.2) is 9.18 Å². The lowest BCUT2D eigenvalue weighted by atomic mass is 9.99. The van der Waals surface area contributed by atoms with Crippen molar-refractivity contribution in [1.82, 2.24) is 5.32 Å². The van der Waals surface area contributed by atoms with Crippen LogP contribution in [0.3, 0.4) is 0 Å². The van der Waals surface area contributed by atoms with Gasteiger partial charge in [0.25, 0.3) is 0 Å². The number of amides is 1. The highest BCUT2D eigenvalue weighted by Crippen LogP contribution is 2.20. The normalized spacial score (nSPS) is 21.2. The number of ether oxygens (including phenoxy) is 1. The van der Waals surface area contributed by atoms with Crippen LogP contribution in [0.4, 0.5) is 4.39 Å². The molecule has 2 N–H and O–H groups in total. The second-order valence-electron chi connectivity index (χ2n) is 4.86. The maximum Gasteiger partial charge on any atom is 0.331 e. The second kappa shape index (κ2) is 6.91. The van der Waals surface area contributed by atoms with E-state index < -0.39 is 11.5 Å². The second-order valence-corrected chi connectivity index (χ2v) is 5.84. The van der Waals surface area contributed by atoms with Crippen LogP contribution in [0.15, 0.2) is 24.3 Å². The highest BCUT2D eigenvalue weighted by atomic mass is 32.2. The number of nitrogens with one attached hydrogen (secondary N) is 1. The molecule has 21 heavy (non-hydrogen) atoms. The first-order chi connectivity index (χ1) is 10.0. The first-order valence-electron chi connectivity index (χ1n) is 6.46. The Morgan fingerprint density at radius 3 is 2.67 bits per heavy atom. The van der Waals surface area contributed by atoms with E-state index in [4.69, 9.17) is 4.74 Å². The van der Waals surface area contributed by atoms with Crippen molar-refractivity contribution in [2.75, 3.05) is 19.0 Å². The summed E-state index contributed by atoms with van der Waals surface area (Å²) in [6, 6.07) is 6.05. The smallest absolute Gasteiger partial charge is 0.331 e. The molecule has 1 fully saturated rings. The Balaban J connectivity index is 1.79. The van der Waals surface area contributed by atoms with Gasteiger partial charge in [-0.3, -0.25) is 4.79 Å². The molecule has 1 aromatic carbocycles. The van der Waals surface area contributed by atoms with Crippen molar-refractivity contribution in [3.63, 3.8) is 0 Å². The Bertz CT molecular complexity index is 514. The van der Waals surface area contributed by atoms with Crippen molar-refractivity contribution in [2.24, 2.45) is 0 Å². The molecule has 114 valence electrons. The molecule has 1 aliphatic rings. The molecule has 0 spiro atoms. The highest BCUT2D eigenvalue weighted by molar-refractivity contribution is 7.99. The van der Waals surface area contributed by atoms with Crippen molar-refractivity contribution in [1.29, 1.82) is 0 Å². The molecule has 0 saturated carbocycles. The Hall–Kier alpha value is -1.60. The van der Waals surface area contributed by atoms with Crippen LogP contribution in [0, 0.1) is 5.82 Å². The Kier molecular flexibility index (Phi) is 5.19. The number of halogens is 1. The first kappa shape index (κ1) is 15.8. The van der Waals surface area contributed by atoms with Crippen LogP contribution >= 0.6 is 11.8 Å². The molecule has 2 rings (SSSR count). The summed E-state index contributed by atoms with van der Waals surface area (Å²) in [5, 5.41) is 11.7. The van der Waals surface area contributed by atoms with Crippen molar-refractivity contribution < 1.29 is 23.8 Å². The van der Waals surface area contributed by atoms with Gasteiger partial charge < -0.3 is 15.2 Å². The summed E-state index contributed by atoms with van der Waals surface area (Å²) in [4.78, 5) is 23.1. The Morgan fingerprint density at radius 1 is 1.38 bits per heavy atom. The Labute approximate surface area is 125 Å². The average molecular weight is 313 g/mol.